The number of rotatable bonds is 3. The fraction of sp³-hybridized carbons (Fsp3) is 0.538. The molecule has 0 bridgehead atoms. The van der Waals surface area contributed by atoms with Crippen LogP contribution in [-0.2, 0) is 0 Å². The maximum Gasteiger partial charge on any atom is 0.292 e. The number of hydrogen-bond donors (Lipinski definition) is 1. The lowest BCUT2D eigenvalue weighted by molar-refractivity contribution is -0.384. The van der Waals surface area contributed by atoms with Gasteiger partial charge in [0.15, 0.2) is 0 Å². The van der Waals surface area contributed by atoms with Crippen LogP contribution in [0.4, 0.5) is 11.4 Å². The summed E-state index contributed by atoms with van der Waals surface area (Å²) in [6, 6.07) is 4.92. The van der Waals surface area contributed by atoms with Gasteiger partial charge in [-0.2, -0.15) is 0 Å². The number of benzene rings is 1. The lowest BCUT2D eigenvalue weighted by atomic mass is 10.1. The van der Waals surface area contributed by atoms with E-state index in [1.54, 1.807) is 12.1 Å². The Bertz CT molecular complexity index is 467. The molecular formula is C13H17BrN2O3. The number of nitro benzene ring substituents is 1. The number of halogens is 1. The van der Waals surface area contributed by atoms with Gasteiger partial charge in [-0.3, -0.25) is 10.1 Å². The molecule has 104 valence electrons. The maximum atomic E-state index is 11.2. The first-order valence-electron chi connectivity index (χ1n) is 6.45. The third kappa shape index (κ3) is 3.25. The molecule has 5 nitrogen and oxygen atoms in total. The van der Waals surface area contributed by atoms with E-state index in [9.17, 15) is 15.2 Å². The Balaban J connectivity index is 2.42. The van der Waals surface area contributed by atoms with Crippen molar-refractivity contribution in [1.82, 2.24) is 0 Å². The Hall–Kier alpha value is -1.14. The Morgan fingerprint density at radius 3 is 2.89 bits per heavy atom. The van der Waals surface area contributed by atoms with Crippen LogP contribution in [0.2, 0.25) is 0 Å². The first-order valence-corrected chi connectivity index (χ1v) is 7.24. The van der Waals surface area contributed by atoms with Crippen LogP contribution in [0.3, 0.4) is 0 Å². The molecule has 1 aliphatic heterocycles. The minimum atomic E-state index is -0.360. The summed E-state index contributed by atoms with van der Waals surface area (Å²) >= 11 is 3.36. The summed E-state index contributed by atoms with van der Waals surface area (Å²) in [5.74, 6) is 0. The van der Waals surface area contributed by atoms with Crippen LogP contribution < -0.4 is 4.90 Å². The van der Waals surface area contributed by atoms with Crippen LogP contribution in [0.5, 0.6) is 0 Å². The van der Waals surface area contributed by atoms with Gasteiger partial charge in [-0.1, -0.05) is 28.8 Å². The van der Waals surface area contributed by atoms with Gasteiger partial charge >= 0.3 is 0 Å². The van der Waals surface area contributed by atoms with Gasteiger partial charge in [0.1, 0.15) is 5.69 Å². The fourth-order valence-electron chi connectivity index (χ4n) is 2.57. The van der Waals surface area contributed by atoms with Crippen molar-refractivity contribution in [2.24, 2.45) is 0 Å². The van der Waals surface area contributed by atoms with Crippen LogP contribution in [0.15, 0.2) is 22.7 Å². The van der Waals surface area contributed by atoms with Crippen LogP contribution in [0.25, 0.3) is 0 Å². The van der Waals surface area contributed by atoms with Crippen molar-refractivity contribution in [2.45, 2.75) is 31.7 Å². The molecule has 6 heteroatoms. The summed E-state index contributed by atoms with van der Waals surface area (Å²) in [6.07, 6.45) is 4.04. The van der Waals surface area contributed by atoms with Crippen LogP contribution in [0.1, 0.15) is 25.7 Å². The molecule has 2 rings (SSSR count). The molecule has 0 spiro atoms. The number of anilines is 1. The molecule has 0 aliphatic carbocycles. The third-order valence-corrected chi connectivity index (χ3v) is 4.02. The van der Waals surface area contributed by atoms with E-state index in [0.29, 0.717) is 5.69 Å². The van der Waals surface area contributed by atoms with Gasteiger partial charge in [0.2, 0.25) is 0 Å². The molecule has 1 heterocycles. The molecular weight excluding hydrogens is 312 g/mol. The lowest BCUT2D eigenvalue weighted by Gasteiger charge is -2.30. The first-order chi connectivity index (χ1) is 9.13. The standard InChI is InChI=1S/C13H17BrN2O3/c14-10-5-6-12(16(18)19)13(8-10)15-7-3-1-2-4-11(15)9-17/h5-6,8,11,17H,1-4,7,9H2. The van der Waals surface area contributed by atoms with E-state index in [-0.39, 0.29) is 23.3 Å². The highest BCUT2D eigenvalue weighted by molar-refractivity contribution is 9.10. The van der Waals surface area contributed by atoms with Gasteiger partial charge in [0.25, 0.3) is 5.69 Å². The van der Waals surface area contributed by atoms with E-state index in [2.05, 4.69) is 15.9 Å². The zero-order valence-electron chi connectivity index (χ0n) is 10.6. The Labute approximate surface area is 120 Å². The van der Waals surface area contributed by atoms with Gasteiger partial charge in [0, 0.05) is 17.1 Å². The molecule has 1 saturated heterocycles. The normalized spacial score (nSPS) is 20.1. The van der Waals surface area contributed by atoms with Crippen LogP contribution >= 0.6 is 15.9 Å². The van der Waals surface area contributed by atoms with Crippen molar-refractivity contribution in [3.8, 4) is 0 Å². The molecule has 1 aromatic rings. The molecule has 1 aromatic carbocycles. The molecule has 0 radical (unpaired) electrons. The second-order valence-electron chi connectivity index (χ2n) is 4.77. The highest BCUT2D eigenvalue weighted by Gasteiger charge is 2.26. The molecule has 0 amide bonds. The van der Waals surface area contributed by atoms with Gasteiger partial charge in [-0.15, -0.1) is 0 Å². The SMILES string of the molecule is O=[N+]([O-])c1ccc(Br)cc1N1CCCCCC1CO. The van der Waals surface area contributed by atoms with E-state index < -0.39 is 0 Å². The monoisotopic (exact) mass is 328 g/mol. The average Bonchev–Trinajstić information content (AvgIpc) is 2.63. The van der Waals surface area contributed by atoms with Gasteiger partial charge < -0.3 is 10.0 Å². The first kappa shape index (κ1) is 14.3. The minimum Gasteiger partial charge on any atom is -0.394 e. The topological polar surface area (TPSA) is 66.6 Å². The number of aliphatic hydroxyl groups is 1. The van der Waals surface area contributed by atoms with Crippen LogP contribution in [-0.4, -0.2) is 29.2 Å². The molecule has 1 atom stereocenters. The van der Waals surface area contributed by atoms with E-state index in [1.165, 1.54) is 6.07 Å². The highest BCUT2D eigenvalue weighted by atomic mass is 79.9. The van der Waals surface area contributed by atoms with E-state index in [0.717, 1.165) is 36.7 Å². The molecule has 1 fully saturated rings. The molecule has 1 N–H and O–H groups in total. The summed E-state index contributed by atoms with van der Waals surface area (Å²) in [4.78, 5) is 12.8. The van der Waals surface area contributed by atoms with E-state index in [1.807, 2.05) is 4.90 Å². The fourth-order valence-corrected chi connectivity index (χ4v) is 2.91. The molecule has 19 heavy (non-hydrogen) atoms. The van der Waals surface area contributed by atoms with Crippen molar-refractivity contribution in [1.29, 1.82) is 0 Å². The zero-order chi connectivity index (χ0) is 13.8. The second-order valence-corrected chi connectivity index (χ2v) is 5.68. The highest BCUT2D eigenvalue weighted by Crippen LogP contribution is 2.34. The summed E-state index contributed by atoms with van der Waals surface area (Å²) in [6.45, 7) is 0.784. The van der Waals surface area contributed by atoms with Crippen LogP contribution in [0, 0.1) is 10.1 Å². The number of aliphatic hydroxyl groups excluding tert-OH is 1. The van der Waals surface area contributed by atoms with Crippen molar-refractivity contribution >= 4 is 27.3 Å². The molecule has 0 aromatic heterocycles. The molecule has 1 unspecified atom stereocenters. The lowest BCUT2D eigenvalue weighted by Crippen LogP contribution is -2.37. The zero-order valence-corrected chi connectivity index (χ0v) is 12.2. The Morgan fingerprint density at radius 2 is 2.21 bits per heavy atom. The van der Waals surface area contributed by atoms with E-state index >= 15 is 0 Å². The smallest absolute Gasteiger partial charge is 0.292 e. The predicted molar refractivity (Wildman–Crippen MR) is 77.5 cm³/mol. The van der Waals surface area contributed by atoms with Crippen molar-refractivity contribution in [3.63, 3.8) is 0 Å². The number of nitrogens with zero attached hydrogens (tertiary/aromatic N) is 2. The van der Waals surface area contributed by atoms with E-state index in [4.69, 9.17) is 0 Å². The second kappa shape index (κ2) is 6.34. The quantitative estimate of drug-likeness (QED) is 0.683. The van der Waals surface area contributed by atoms with Gasteiger partial charge in [-0.25, -0.2) is 0 Å². The van der Waals surface area contributed by atoms with Crippen molar-refractivity contribution < 1.29 is 10.0 Å². The van der Waals surface area contributed by atoms with Crippen molar-refractivity contribution in [2.75, 3.05) is 18.1 Å². The predicted octanol–water partition coefficient (Wildman–Crippen LogP) is 3.10. The Kier molecular flexibility index (Phi) is 4.76. The molecule has 1 aliphatic rings. The average molecular weight is 329 g/mol. The van der Waals surface area contributed by atoms with Gasteiger partial charge in [0.05, 0.1) is 17.6 Å². The summed E-state index contributed by atoms with van der Waals surface area (Å²) in [5, 5.41) is 20.7. The van der Waals surface area contributed by atoms with Crippen molar-refractivity contribution in [3.05, 3.63) is 32.8 Å². The third-order valence-electron chi connectivity index (χ3n) is 3.53. The Morgan fingerprint density at radius 1 is 1.42 bits per heavy atom. The minimum absolute atomic E-state index is 0.0314. The molecule has 0 saturated carbocycles. The van der Waals surface area contributed by atoms with Gasteiger partial charge in [-0.05, 0) is 25.0 Å². The summed E-state index contributed by atoms with van der Waals surface area (Å²) in [5.41, 5.74) is 0.698. The summed E-state index contributed by atoms with van der Waals surface area (Å²) < 4.78 is 0.814. The number of nitro groups is 1. The number of hydrogen-bond acceptors (Lipinski definition) is 4. The summed E-state index contributed by atoms with van der Waals surface area (Å²) in [7, 11) is 0. The maximum absolute atomic E-state index is 11.2. The largest absolute Gasteiger partial charge is 0.394 e.